The molecule has 0 aromatic heterocycles. The average molecular weight is 239 g/mol. The number of allylic oxidation sites excluding steroid dienone is 1. The van der Waals surface area contributed by atoms with Gasteiger partial charge < -0.3 is 0 Å². The van der Waals surface area contributed by atoms with E-state index < -0.39 is 0 Å². The molecule has 0 spiro atoms. The van der Waals surface area contributed by atoms with Crippen LogP contribution in [0.4, 0.5) is 0 Å². The quantitative estimate of drug-likeness (QED) is 0.680. The summed E-state index contributed by atoms with van der Waals surface area (Å²) in [5.74, 6) is 0. The van der Waals surface area contributed by atoms with Crippen LogP contribution in [0.15, 0.2) is 66.2 Å². The molecule has 2 aromatic rings. The standard InChI is InChI=1S/C16H16P/c1-13(2)16(14-9-5-3-6-10-14)17-15-11-7-4-8-12-15/h3-12H,1-2H3. The Balaban J connectivity index is 2.31. The molecular weight excluding hydrogens is 223 g/mol. The van der Waals surface area contributed by atoms with Gasteiger partial charge in [0.2, 0.25) is 0 Å². The molecule has 0 aliphatic rings. The van der Waals surface area contributed by atoms with Crippen molar-refractivity contribution in [2.45, 2.75) is 13.8 Å². The maximum absolute atomic E-state index is 2.18. The second kappa shape index (κ2) is 5.80. The Kier molecular flexibility index (Phi) is 4.12. The third-order valence-corrected chi connectivity index (χ3v) is 4.00. The third-order valence-electron chi connectivity index (χ3n) is 2.52. The molecule has 1 heteroatoms. The number of benzene rings is 2. The minimum atomic E-state index is 1.28. The largest absolute Gasteiger partial charge is 0.0674 e. The van der Waals surface area contributed by atoms with Gasteiger partial charge in [0.15, 0.2) is 0 Å². The fraction of sp³-hybridized carbons (Fsp3) is 0.125. The Morgan fingerprint density at radius 3 is 1.82 bits per heavy atom. The summed E-state index contributed by atoms with van der Waals surface area (Å²) in [7, 11) is 1.28. The lowest BCUT2D eigenvalue weighted by atomic mass is 10.1. The van der Waals surface area contributed by atoms with Gasteiger partial charge in [-0.1, -0.05) is 66.2 Å². The van der Waals surface area contributed by atoms with E-state index in [1.807, 2.05) is 0 Å². The maximum Gasteiger partial charge on any atom is -0.00876 e. The summed E-state index contributed by atoms with van der Waals surface area (Å²) >= 11 is 0. The van der Waals surface area contributed by atoms with Gasteiger partial charge in [-0.25, -0.2) is 0 Å². The van der Waals surface area contributed by atoms with Gasteiger partial charge in [0.25, 0.3) is 0 Å². The van der Waals surface area contributed by atoms with Crippen LogP contribution in [0, 0.1) is 0 Å². The zero-order valence-electron chi connectivity index (χ0n) is 10.2. The molecule has 85 valence electrons. The van der Waals surface area contributed by atoms with Gasteiger partial charge in [-0.3, -0.25) is 0 Å². The molecule has 2 aromatic carbocycles. The highest BCUT2D eigenvalue weighted by Crippen LogP contribution is 2.35. The first-order valence-corrected chi connectivity index (χ1v) is 6.66. The Morgan fingerprint density at radius 1 is 0.765 bits per heavy atom. The van der Waals surface area contributed by atoms with Gasteiger partial charge in [0, 0.05) is 0 Å². The van der Waals surface area contributed by atoms with Crippen molar-refractivity contribution in [1.29, 1.82) is 0 Å². The van der Waals surface area contributed by atoms with E-state index in [4.69, 9.17) is 0 Å². The first-order chi connectivity index (χ1) is 8.27. The van der Waals surface area contributed by atoms with Crippen LogP contribution in [0.2, 0.25) is 0 Å². The van der Waals surface area contributed by atoms with E-state index >= 15 is 0 Å². The molecule has 0 fully saturated rings. The van der Waals surface area contributed by atoms with Gasteiger partial charge in [-0.05, 0) is 38.6 Å². The van der Waals surface area contributed by atoms with E-state index in [0.717, 1.165) is 0 Å². The van der Waals surface area contributed by atoms with Crippen molar-refractivity contribution < 1.29 is 0 Å². The highest BCUT2D eigenvalue weighted by Gasteiger charge is 2.05. The SMILES string of the molecule is CC(C)=C([P]c1ccccc1)c1ccccc1. The number of rotatable bonds is 3. The van der Waals surface area contributed by atoms with Gasteiger partial charge >= 0.3 is 0 Å². The lowest BCUT2D eigenvalue weighted by Crippen LogP contribution is -1.93. The summed E-state index contributed by atoms with van der Waals surface area (Å²) in [5.41, 5.74) is 2.69. The van der Waals surface area contributed by atoms with Gasteiger partial charge in [-0.2, -0.15) is 0 Å². The van der Waals surface area contributed by atoms with Crippen LogP contribution in [-0.2, 0) is 0 Å². The first kappa shape index (κ1) is 12.1. The van der Waals surface area contributed by atoms with E-state index in [2.05, 4.69) is 74.5 Å². The summed E-state index contributed by atoms with van der Waals surface area (Å²) in [6, 6.07) is 21.2. The third kappa shape index (κ3) is 3.28. The van der Waals surface area contributed by atoms with Crippen LogP contribution < -0.4 is 5.30 Å². The highest BCUT2D eigenvalue weighted by atomic mass is 31.1. The highest BCUT2D eigenvalue weighted by molar-refractivity contribution is 7.58. The molecule has 0 atom stereocenters. The lowest BCUT2D eigenvalue weighted by molar-refractivity contribution is 1.41. The molecule has 0 saturated carbocycles. The summed E-state index contributed by atoms with van der Waals surface area (Å²) in [5, 5.41) is 2.74. The molecule has 0 amide bonds. The zero-order valence-corrected chi connectivity index (χ0v) is 11.1. The molecule has 0 unspecified atom stereocenters. The molecule has 0 aliphatic carbocycles. The van der Waals surface area contributed by atoms with Gasteiger partial charge in [0.1, 0.15) is 0 Å². The van der Waals surface area contributed by atoms with Crippen LogP contribution in [0.3, 0.4) is 0 Å². The average Bonchev–Trinajstić information content (AvgIpc) is 2.38. The van der Waals surface area contributed by atoms with Gasteiger partial charge in [-0.15, -0.1) is 0 Å². The molecule has 1 radical (unpaired) electrons. The summed E-state index contributed by atoms with van der Waals surface area (Å²) in [4.78, 5) is 0. The van der Waals surface area contributed by atoms with Crippen LogP contribution >= 0.6 is 8.58 Å². The maximum atomic E-state index is 2.18. The summed E-state index contributed by atoms with van der Waals surface area (Å²) in [6.07, 6.45) is 0. The molecule has 0 heterocycles. The predicted octanol–water partition coefficient (Wildman–Crippen LogP) is 4.71. The lowest BCUT2D eigenvalue weighted by Gasteiger charge is -2.09. The Hall–Kier alpha value is -1.39. The zero-order chi connectivity index (χ0) is 12.1. The molecule has 0 N–H and O–H groups in total. The van der Waals surface area contributed by atoms with E-state index in [9.17, 15) is 0 Å². The van der Waals surface area contributed by atoms with E-state index in [0.29, 0.717) is 0 Å². The Labute approximate surface area is 105 Å². The molecule has 0 bridgehead atoms. The molecule has 17 heavy (non-hydrogen) atoms. The second-order valence-corrected chi connectivity index (χ2v) is 5.35. The topological polar surface area (TPSA) is 0 Å². The molecule has 0 nitrogen and oxygen atoms in total. The predicted molar refractivity (Wildman–Crippen MR) is 77.7 cm³/mol. The fourth-order valence-corrected chi connectivity index (χ4v) is 2.77. The van der Waals surface area contributed by atoms with E-state index in [1.54, 1.807) is 0 Å². The monoisotopic (exact) mass is 239 g/mol. The van der Waals surface area contributed by atoms with Crippen molar-refractivity contribution in [2.24, 2.45) is 0 Å². The number of hydrogen-bond donors (Lipinski definition) is 0. The normalized spacial score (nSPS) is 10.7. The van der Waals surface area contributed by atoms with E-state index in [1.165, 1.54) is 30.3 Å². The summed E-state index contributed by atoms with van der Waals surface area (Å²) in [6.45, 7) is 4.36. The van der Waals surface area contributed by atoms with Crippen molar-refractivity contribution in [3.05, 3.63) is 71.8 Å². The smallest absolute Gasteiger partial charge is 0.00876 e. The second-order valence-electron chi connectivity index (χ2n) is 4.16. The summed E-state index contributed by atoms with van der Waals surface area (Å²) < 4.78 is 0. The Morgan fingerprint density at radius 2 is 1.29 bits per heavy atom. The van der Waals surface area contributed by atoms with Crippen molar-refractivity contribution >= 4 is 19.2 Å². The van der Waals surface area contributed by atoms with Crippen molar-refractivity contribution in [3.63, 3.8) is 0 Å². The van der Waals surface area contributed by atoms with Crippen molar-refractivity contribution in [3.8, 4) is 0 Å². The fourth-order valence-electron chi connectivity index (χ4n) is 1.69. The Bertz CT molecular complexity index is 494. The van der Waals surface area contributed by atoms with Gasteiger partial charge in [0.05, 0.1) is 0 Å². The van der Waals surface area contributed by atoms with Crippen molar-refractivity contribution in [2.75, 3.05) is 0 Å². The molecule has 2 rings (SSSR count). The van der Waals surface area contributed by atoms with Crippen molar-refractivity contribution in [1.82, 2.24) is 0 Å². The molecule has 0 aliphatic heterocycles. The molecular formula is C16H16P. The molecule has 0 saturated heterocycles. The van der Waals surface area contributed by atoms with Crippen LogP contribution in [-0.4, -0.2) is 0 Å². The number of hydrogen-bond acceptors (Lipinski definition) is 0. The first-order valence-electron chi connectivity index (χ1n) is 5.77. The van der Waals surface area contributed by atoms with Crippen LogP contribution in [0.5, 0.6) is 0 Å². The van der Waals surface area contributed by atoms with Crippen LogP contribution in [0.25, 0.3) is 5.31 Å². The minimum Gasteiger partial charge on any atom is -0.0674 e. The van der Waals surface area contributed by atoms with E-state index in [-0.39, 0.29) is 0 Å². The van der Waals surface area contributed by atoms with Crippen LogP contribution in [0.1, 0.15) is 19.4 Å². The minimum absolute atomic E-state index is 1.28.